The first-order valence-electron chi connectivity index (χ1n) is 4.58. The number of nitrogens with zero attached hydrogens (tertiary/aromatic N) is 3. The summed E-state index contributed by atoms with van der Waals surface area (Å²) in [6.07, 6.45) is 2.39. The largest absolute Gasteiger partial charge is 0.394 e. The molecular formula is C9H16N4O2. The number of hydrogen-bond donors (Lipinski definition) is 2. The van der Waals surface area contributed by atoms with Gasteiger partial charge in [0.15, 0.2) is 5.82 Å². The SMILES string of the molecule is COCC(O)CN(C)c1ncncc1N. The Morgan fingerprint density at radius 3 is 3.00 bits per heavy atom. The van der Waals surface area contributed by atoms with Crippen LogP contribution in [0.2, 0.25) is 0 Å². The van der Waals surface area contributed by atoms with Gasteiger partial charge in [-0.25, -0.2) is 9.97 Å². The fraction of sp³-hybridized carbons (Fsp3) is 0.556. The topological polar surface area (TPSA) is 84.5 Å². The molecule has 0 aliphatic heterocycles. The van der Waals surface area contributed by atoms with Gasteiger partial charge in [-0.2, -0.15) is 0 Å². The van der Waals surface area contributed by atoms with Crippen LogP contribution in [0.3, 0.4) is 0 Å². The van der Waals surface area contributed by atoms with E-state index in [1.807, 2.05) is 0 Å². The van der Waals surface area contributed by atoms with Crippen LogP contribution < -0.4 is 10.6 Å². The number of ether oxygens (including phenoxy) is 1. The molecule has 15 heavy (non-hydrogen) atoms. The first-order chi connectivity index (χ1) is 7.15. The number of nitrogens with two attached hydrogens (primary N) is 1. The first-order valence-corrected chi connectivity index (χ1v) is 4.58. The normalized spacial score (nSPS) is 12.5. The Morgan fingerprint density at radius 1 is 1.67 bits per heavy atom. The predicted molar refractivity (Wildman–Crippen MR) is 57.6 cm³/mol. The molecule has 1 aromatic rings. The van der Waals surface area contributed by atoms with Gasteiger partial charge in [0.05, 0.1) is 24.6 Å². The van der Waals surface area contributed by atoms with E-state index >= 15 is 0 Å². The number of aliphatic hydroxyl groups is 1. The summed E-state index contributed by atoms with van der Waals surface area (Å²) in [5.41, 5.74) is 6.18. The smallest absolute Gasteiger partial charge is 0.155 e. The summed E-state index contributed by atoms with van der Waals surface area (Å²) in [6.45, 7) is 0.699. The van der Waals surface area contributed by atoms with Gasteiger partial charge in [-0.3, -0.25) is 0 Å². The Balaban J connectivity index is 2.61. The Kier molecular flexibility index (Phi) is 4.26. The molecule has 0 bridgehead atoms. The molecule has 1 aromatic heterocycles. The summed E-state index contributed by atoms with van der Waals surface area (Å²) < 4.78 is 4.83. The van der Waals surface area contributed by atoms with Crippen LogP contribution in [-0.4, -0.2) is 48.5 Å². The molecule has 0 radical (unpaired) electrons. The minimum atomic E-state index is -0.561. The Labute approximate surface area is 88.7 Å². The highest BCUT2D eigenvalue weighted by Crippen LogP contribution is 2.16. The lowest BCUT2D eigenvalue weighted by molar-refractivity contribution is 0.0694. The monoisotopic (exact) mass is 212 g/mol. The number of anilines is 2. The first kappa shape index (κ1) is 11.7. The molecule has 6 nitrogen and oxygen atoms in total. The van der Waals surface area contributed by atoms with E-state index in [1.165, 1.54) is 12.5 Å². The van der Waals surface area contributed by atoms with Crippen LogP contribution in [0, 0.1) is 0 Å². The second-order valence-corrected chi connectivity index (χ2v) is 3.29. The third kappa shape index (κ3) is 3.34. The minimum absolute atomic E-state index is 0.287. The van der Waals surface area contributed by atoms with Crippen molar-refractivity contribution in [3.63, 3.8) is 0 Å². The van der Waals surface area contributed by atoms with Crippen molar-refractivity contribution in [3.8, 4) is 0 Å². The van der Waals surface area contributed by atoms with Crippen molar-refractivity contribution in [2.24, 2.45) is 0 Å². The van der Waals surface area contributed by atoms with Gasteiger partial charge in [-0.15, -0.1) is 0 Å². The lowest BCUT2D eigenvalue weighted by Crippen LogP contribution is -2.32. The zero-order valence-electron chi connectivity index (χ0n) is 8.92. The highest BCUT2D eigenvalue weighted by Gasteiger charge is 2.11. The molecule has 84 valence electrons. The second kappa shape index (κ2) is 5.47. The molecule has 0 saturated heterocycles. The predicted octanol–water partition coefficient (Wildman–Crippen LogP) is -0.498. The van der Waals surface area contributed by atoms with Gasteiger partial charge in [0.2, 0.25) is 0 Å². The maximum atomic E-state index is 9.52. The van der Waals surface area contributed by atoms with Crippen LogP contribution in [0.25, 0.3) is 0 Å². The van der Waals surface area contributed by atoms with Crippen molar-refractivity contribution < 1.29 is 9.84 Å². The number of aliphatic hydroxyl groups excluding tert-OH is 1. The van der Waals surface area contributed by atoms with Gasteiger partial charge >= 0.3 is 0 Å². The number of likely N-dealkylation sites (N-methyl/N-ethyl adjacent to an activating group) is 1. The van der Waals surface area contributed by atoms with Gasteiger partial charge in [-0.1, -0.05) is 0 Å². The third-order valence-corrected chi connectivity index (χ3v) is 1.92. The fourth-order valence-electron chi connectivity index (χ4n) is 1.30. The molecule has 0 aromatic carbocycles. The standard InChI is InChI=1S/C9H16N4O2/c1-13(4-7(14)5-15-2)9-8(10)3-11-6-12-9/h3,6-7,14H,4-5,10H2,1-2H3. The molecule has 3 N–H and O–H groups in total. The minimum Gasteiger partial charge on any atom is -0.394 e. The van der Waals surface area contributed by atoms with Gasteiger partial charge in [0.25, 0.3) is 0 Å². The van der Waals surface area contributed by atoms with Crippen molar-refractivity contribution >= 4 is 11.5 Å². The zero-order valence-corrected chi connectivity index (χ0v) is 8.92. The van der Waals surface area contributed by atoms with Crippen molar-refractivity contribution in [2.75, 3.05) is 37.9 Å². The van der Waals surface area contributed by atoms with Crippen LogP contribution in [0.5, 0.6) is 0 Å². The molecule has 0 amide bonds. The third-order valence-electron chi connectivity index (χ3n) is 1.92. The molecule has 0 fully saturated rings. The van der Waals surface area contributed by atoms with E-state index in [2.05, 4.69) is 9.97 Å². The molecule has 0 aliphatic rings. The van der Waals surface area contributed by atoms with Gasteiger partial charge < -0.3 is 20.5 Å². The van der Waals surface area contributed by atoms with Crippen LogP contribution in [0.1, 0.15) is 0 Å². The van der Waals surface area contributed by atoms with Gasteiger partial charge in [-0.05, 0) is 0 Å². The summed E-state index contributed by atoms with van der Waals surface area (Å²) in [6, 6.07) is 0. The van der Waals surface area contributed by atoms with Crippen LogP contribution >= 0.6 is 0 Å². The molecule has 6 heteroatoms. The summed E-state index contributed by atoms with van der Waals surface area (Å²) in [5.74, 6) is 0.611. The van der Waals surface area contributed by atoms with Crippen molar-refractivity contribution in [1.29, 1.82) is 0 Å². The molecule has 1 atom stereocenters. The van der Waals surface area contributed by atoms with E-state index in [1.54, 1.807) is 19.1 Å². The Hall–Kier alpha value is -1.40. The molecule has 0 aliphatic carbocycles. The maximum absolute atomic E-state index is 9.52. The molecule has 0 saturated carbocycles. The van der Waals surface area contributed by atoms with Crippen molar-refractivity contribution in [2.45, 2.75) is 6.10 Å². The van der Waals surface area contributed by atoms with E-state index < -0.39 is 6.10 Å². The summed E-state index contributed by atoms with van der Waals surface area (Å²) in [4.78, 5) is 9.59. The average Bonchev–Trinajstić information content (AvgIpc) is 2.18. The van der Waals surface area contributed by atoms with E-state index in [-0.39, 0.29) is 6.61 Å². The lowest BCUT2D eigenvalue weighted by Gasteiger charge is -2.22. The molecular weight excluding hydrogens is 196 g/mol. The zero-order chi connectivity index (χ0) is 11.3. The van der Waals surface area contributed by atoms with Crippen molar-refractivity contribution in [3.05, 3.63) is 12.5 Å². The van der Waals surface area contributed by atoms with Crippen LogP contribution in [-0.2, 0) is 4.74 Å². The molecule has 1 unspecified atom stereocenters. The van der Waals surface area contributed by atoms with E-state index in [9.17, 15) is 5.11 Å². The number of rotatable bonds is 5. The van der Waals surface area contributed by atoms with E-state index in [4.69, 9.17) is 10.5 Å². The second-order valence-electron chi connectivity index (χ2n) is 3.29. The maximum Gasteiger partial charge on any atom is 0.155 e. The number of hydrogen-bond acceptors (Lipinski definition) is 6. The van der Waals surface area contributed by atoms with Crippen LogP contribution in [0.4, 0.5) is 11.5 Å². The Morgan fingerprint density at radius 2 is 2.40 bits per heavy atom. The Bertz CT molecular complexity index is 308. The average molecular weight is 212 g/mol. The molecule has 0 spiro atoms. The summed E-state index contributed by atoms with van der Waals surface area (Å²) in [7, 11) is 3.35. The lowest BCUT2D eigenvalue weighted by atomic mass is 10.3. The fourth-order valence-corrected chi connectivity index (χ4v) is 1.30. The quantitative estimate of drug-likeness (QED) is 0.684. The van der Waals surface area contributed by atoms with Crippen LogP contribution in [0.15, 0.2) is 12.5 Å². The van der Waals surface area contributed by atoms with Gasteiger partial charge in [0.1, 0.15) is 6.33 Å². The van der Waals surface area contributed by atoms with E-state index in [0.717, 1.165) is 0 Å². The molecule has 1 rings (SSSR count). The number of methoxy groups -OCH3 is 1. The highest BCUT2D eigenvalue weighted by molar-refractivity contribution is 5.60. The highest BCUT2D eigenvalue weighted by atomic mass is 16.5. The van der Waals surface area contributed by atoms with Gasteiger partial charge in [0, 0.05) is 20.7 Å². The van der Waals surface area contributed by atoms with Crippen molar-refractivity contribution in [1.82, 2.24) is 9.97 Å². The number of aromatic nitrogens is 2. The molecule has 1 heterocycles. The van der Waals surface area contributed by atoms with E-state index in [0.29, 0.717) is 18.1 Å². The summed E-state index contributed by atoms with van der Waals surface area (Å²) >= 11 is 0. The summed E-state index contributed by atoms with van der Waals surface area (Å²) in [5, 5.41) is 9.52. The number of nitrogen functional groups attached to an aromatic ring is 1.